The van der Waals surface area contributed by atoms with Crippen LogP contribution in [0.1, 0.15) is 46.9 Å². The molecule has 1 saturated carbocycles. The van der Waals surface area contributed by atoms with E-state index in [0.29, 0.717) is 23.7 Å². The van der Waals surface area contributed by atoms with Crippen LogP contribution in [0.2, 0.25) is 0 Å². The molecule has 6 nitrogen and oxygen atoms in total. The molecule has 2 aromatic rings. The van der Waals surface area contributed by atoms with Crippen molar-refractivity contribution in [2.45, 2.75) is 39.2 Å². The van der Waals surface area contributed by atoms with Gasteiger partial charge in [-0.15, -0.1) is 0 Å². The average molecular weight is 270 g/mol. The lowest BCUT2D eigenvalue weighted by Gasteiger charge is -2.08. The van der Waals surface area contributed by atoms with Gasteiger partial charge in [-0.05, 0) is 32.3 Å². The van der Waals surface area contributed by atoms with Crippen molar-refractivity contribution in [3.05, 3.63) is 44.7 Å². The van der Waals surface area contributed by atoms with E-state index < -0.39 is 0 Å². The van der Waals surface area contributed by atoms with Gasteiger partial charge < -0.3 is 4.52 Å². The molecular formula is C14H14N4O2. The highest BCUT2D eigenvalue weighted by atomic mass is 16.5. The number of hydrogen-bond donors (Lipinski definition) is 0. The van der Waals surface area contributed by atoms with Crippen LogP contribution in [0.3, 0.4) is 0 Å². The van der Waals surface area contributed by atoms with Gasteiger partial charge in [0.25, 0.3) is 5.56 Å². The smallest absolute Gasteiger partial charge is 0.285 e. The van der Waals surface area contributed by atoms with Crippen LogP contribution in [-0.2, 0) is 6.54 Å². The van der Waals surface area contributed by atoms with E-state index in [-0.39, 0.29) is 11.1 Å². The van der Waals surface area contributed by atoms with E-state index in [1.54, 1.807) is 20.0 Å². The molecule has 0 aliphatic heterocycles. The first-order valence-electron chi connectivity index (χ1n) is 6.53. The maximum atomic E-state index is 12.2. The molecule has 0 atom stereocenters. The summed E-state index contributed by atoms with van der Waals surface area (Å²) in [6.45, 7) is 3.83. The van der Waals surface area contributed by atoms with Crippen LogP contribution >= 0.6 is 0 Å². The maximum absolute atomic E-state index is 12.2. The third kappa shape index (κ3) is 2.01. The standard InChI is InChI=1S/C14H14N4O2/c1-8-9(2)17-18(14(19)12(8)5-15)7-11-6-16-20-13(11)10-3-4-10/h6,10H,3-4,7H2,1-2H3. The van der Waals surface area contributed by atoms with E-state index >= 15 is 0 Å². The largest absolute Gasteiger partial charge is 0.361 e. The maximum Gasteiger partial charge on any atom is 0.285 e. The number of aryl methyl sites for hydroxylation is 1. The number of nitriles is 1. The molecule has 0 aromatic carbocycles. The molecule has 0 bridgehead atoms. The van der Waals surface area contributed by atoms with Crippen molar-refractivity contribution in [3.63, 3.8) is 0 Å². The van der Waals surface area contributed by atoms with Crippen molar-refractivity contribution in [2.75, 3.05) is 0 Å². The predicted octanol–water partition coefficient (Wildman–Crippen LogP) is 1.65. The van der Waals surface area contributed by atoms with Crippen LogP contribution in [0.5, 0.6) is 0 Å². The highest BCUT2D eigenvalue weighted by Gasteiger charge is 2.30. The minimum absolute atomic E-state index is 0.155. The van der Waals surface area contributed by atoms with Crippen molar-refractivity contribution >= 4 is 0 Å². The average Bonchev–Trinajstić information content (AvgIpc) is 3.17. The Morgan fingerprint density at radius 3 is 2.90 bits per heavy atom. The van der Waals surface area contributed by atoms with Crippen LogP contribution in [0.15, 0.2) is 15.5 Å². The monoisotopic (exact) mass is 270 g/mol. The van der Waals surface area contributed by atoms with Crippen molar-refractivity contribution in [3.8, 4) is 6.07 Å². The summed E-state index contributed by atoms with van der Waals surface area (Å²) in [5.74, 6) is 1.26. The van der Waals surface area contributed by atoms with Crippen LogP contribution in [-0.4, -0.2) is 14.9 Å². The van der Waals surface area contributed by atoms with Crippen LogP contribution < -0.4 is 5.56 Å². The van der Waals surface area contributed by atoms with E-state index in [4.69, 9.17) is 9.78 Å². The first kappa shape index (κ1) is 12.6. The van der Waals surface area contributed by atoms with Gasteiger partial charge in [-0.25, -0.2) is 4.68 Å². The van der Waals surface area contributed by atoms with Crippen molar-refractivity contribution in [2.24, 2.45) is 0 Å². The summed E-state index contributed by atoms with van der Waals surface area (Å²) >= 11 is 0. The third-order valence-electron chi connectivity index (χ3n) is 3.69. The lowest BCUT2D eigenvalue weighted by molar-refractivity contribution is 0.382. The molecule has 0 amide bonds. The fourth-order valence-corrected chi connectivity index (χ4v) is 2.24. The Bertz CT molecular complexity index is 762. The van der Waals surface area contributed by atoms with Gasteiger partial charge in [0.1, 0.15) is 17.4 Å². The van der Waals surface area contributed by atoms with Gasteiger partial charge in [0.15, 0.2) is 0 Å². The molecule has 1 aliphatic rings. The molecule has 3 rings (SSSR count). The molecule has 0 spiro atoms. The molecule has 2 aromatic heterocycles. The van der Waals surface area contributed by atoms with E-state index in [0.717, 1.165) is 24.2 Å². The first-order chi connectivity index (χ1) is 9.61. The minimum atomic E-state index is -0.362. The summed E-state index contributed by atoms with van der Waals surface area (Å²) < 4.78 is 6.57. The van der Waals surface area contributed by atoms with Gasteiger partial charge in [-0.2, -0.15) is 10.4 Å². The fraction of sp³-hybridized carbons (Fsp3) is 0.429. The van der Waals surface area contributed by atoms with Crippen molar-refractivity contribution < 1.29 is 4.52 Å². The first-order valence-corrected chi connectivity index (χ1v) is 6.53. The second-order valence-corrected chi connectivity index (χ2v) is 5.15. The predicted molar refractivity (Wildman–Crippen MR) is 70.3 cm³/mol. The summed E-state index contributed by atoms with van der Waals surface area (Å²) in [6.07, 6.45) is 3.82. The number of rotatable bonds is 3. The van der Waals surface area contributed by atoms with Gasteiger partial charge >= 0.3 is 0 Å². The topological polar surface area (TPSA) is 84.7 Å². The Labute approximate surface area is 115 Å². The third-order valence-corrected chi connectivity index (χ3v) is 3.69. The molecule has 0 unspecified atom stereocenters. The number of aromatic nitrogens is 3. The number of nitrogens with zero attached hydrogens (tertiary/aromatic N) is 4. The summed E-state index contributed by atoms with van der Waals surface area (Å²) in [5, 5.41) is 17.2. The summed E-state index contributed by atoms with van der Waals surface area (Å²) in [4.78, 5) is 12.2. The molecular weight excluding hydrogens is 256 g/mol. The Morgan fingerprint density at radius 2 is 2.25 bits per heavy atom. The van der Waals surface area contributed by atoms with Gasteiger partial charge in [0, 0.05) is 11.5 Å². The zero-order valence-corrected chi connectivity index (χ0v) is 11.4. The highest BCUT2D eigenvalue weighted by molar-refractivity contribution is 5.36. The summed E-state index contributed by atoms with van der Waals surface area (Å²) in [6, 6.07) is 1.96. The normalized spacial score (nSPS) is 14.2. The highest BCUT2D eigenvalue weighted by Crippen LogP contribution is 2.41. The molecule has 2 heterocycles. The Hall–Kier alpha value is -2.42. The molecule has 102 valence electrons. The van der Waals surface area contributed by atoms with E-state index in [2.05, 4.69) is 10.3 Å². The Kier molecular flexibility index (Phi) is 2.90. The Balaban J connectivity index is 2.03. The molecule has 0 radical (unpaired) electrons. The van der Waals surface area contributed by atoms with Gasteiger partial charge in [-0.1, -0.05) is 5.16 Å². The summed E-state index contributed by atoms with van der Waals surface area (Å²) in [7, 11) is 0. The van der Waals surface area contributed by atoms with Gasteiger partial charge in [0.2, 0.25) is 0 Å². The zero-order valence-electron chi connectivity index (χ0n) is 11.4. The second-order valence-electron chi connectivity index (χ2n) is 5.15. The summed E-state index contributed by atoms with van der Waals surface area (Å²) in [5.41, 5.74) is 1.99. The van der Waals surface area contributed by atoms with Crippen molar-refractivity contribution in [1.29, 1.82) is 5.26 Å². The molecule has 0 saturated heterocycles. The van der Waals surface area contributed by atoms with E-state index in [9.17, 15) is 4.79 Å². The quantitative estimate of drug-likeness (QED) is 0.846. The molecule has 1 aliphatic carbocycles. The van der Waals surface area contributed by atoms with E-state index in [1.807, 2.05) is 6.07 Å². The van der Waals surface area contributed by atoms with Crippen LogP contribution in [0, 0.1) is 25.2 Å². The minimum Gasteiger partial charge on any atom is -0.361 e. The molecule has 1 fully saturated rings. The zero-order chi connectivity index (χ0) is 14.3. The molecule has 20 heavy (non-hydrogen) atoms. The lowest BCUT2D eigenvalue weighted by atomic mass is 10.1. The van der Waals surface area contributed by atoms with E-state index in [1.165, 1.54) is 4.68 Å². The van der Waals surface area contributed by atoms with Crippen LogP contribution in [0.4, 0.5) is 0 Å². The second kappa shape index (κ2) is 4.60. The number of hydrogen-bond acceptors (Lipinski definition) is 5. The fourth-order valence-electron chi connectivity index (χ4n) is 2.24. The Morgan fingerprint density at radius 1 is 1.50 bits per heavy atom. The van der Waals surface area contributed by atoms with Crippen LogP contribution in [0.25, 0.3) is 0 Å². The van der Waals surface area contributed by atoms with Crippen molar-refractivity contribution in [1.82, 2.24) is 14.9 Å². The molecule has 6 heteroatoms. The van der Waals surface area contributed by atoms with Gasteiger partial charge in [-0.3, -0.25) is 4.79 Å². The van der Waals surface area contributed by atoms with Gasteiger partial charge in [0.05, 0.1) is 18.4 Å². The SMILES string of the molecule is Cc1nn(Cc2cnoc2C2CC2)c(=O)c(C#N)c1C. The lowest BCUT2D eigenvalue weighted by Crippen LogP contribution is -2.28. The molecule has 0 N–H and O–H groups in total.